The van der Waals surface area contributed by atoms with Gasteiger partial charge in [0.2, 0.25) is 5.91 Å². The fourth-order valence-electron chi connectivity index (χ4n) is 3.55. The van der Waals surface area contributed by atoms with Crippen LogP contribution in [0.4, 0.5) is 5.69 Å². The zero-order chi connectivity index (χ0) is 18.1. The number of furan rings is 1. The van der Waals surface area contributed by atoms with Crippen LogP contribution in [-0.4, -0.2) is 33.7 Å². The summed E-state index contributed by atoms with van der Waals surface area (Å²) in [7, 11) is 0. The number of likely N-dealkylation sites (tertiary alicyclic amines) is 1. The maximum Gasteiger partial charge on any atom is 0.290 e. The summed E-state index contributed by atoms with van der Waals surface area (Å²) in [6, 6.07) is 4.22. The average Bonchev–Trinajstić information content (AvgIpc) is 3.09. The van der Waals surface area contributed by atoms with E-state index < -0.39 is 11.6 Å². The molecule has 2 N–H and O–H groups in total. The minimum Gasteiger partial charge on any atom is -0.463 e. The largest absolute Gasteiger partial charge is 0.463 e. The van der Waals surface area contributed by atoms with Gasteiger partial charge in [-0.2, -0.15) is 5.10 Å². The van der Waals surface area contributed by atoms with Crippen molar-refractivity contribution in [2.45, 2.75) is 33.2 Å². The number of hydrogen-bond acceptors (Lipinski definition) is 5. The van der Waals surface area contributed by atoms with Crippen molar-refractivity contribution in [3.05, 3.63) is 34.8 Å². The minimum absolute atomic E-state index is 0.0430. The van der Waals surface area contributed by atoms with Gasteiger partial charge in [0.1, 0.15) is 17.4 Å². The topological polar surface area (TPSA) is 94.4 Å². The van der Waals surface area contributed by atoms with Gasteiger partial charge in [-0.25, -0.2) is 4.68 Å². The second kappa shape index (κ2) is 6.74. The third kappa shape index (κ3) is 3.45. The first-order valence-electron chi connectivity index (χ1n) is 8.58. The second-order valence-corrected chi connectivity index (χ2v) is 7.08. The number of hydrogen-bond donors (Lipinski definition) is 1. The van der Waals surface area contributed by atoms with Gasteiger partial charge in [0.15, 0.2) is 5.76 Å². The van der Waals surface area contributed by atoms with Gasteiger partial charge >= 0.3 is 0 Å². The Bertz CT molecular complexity index is 802. The van der Waals surface area contributed by atoms with Crippen LogP contribution in [0.15, 0.2) is 33.7 Å². The van der Waals surface area contributed by atoms with E-state index in [9.17, 15) is 9.59 Å². The summed E-state index contributed by atoms with van der Waals surface area (Å²) < 4.78 is 6.49. The van der Waals surface area contributed by atoms with Gasteiger partial charge in [0.05, 0.1) is 6.26 Å². The first kappa shape index (κ1) is 17.3. The van der Waals surface area contributed by atoms with Crippen molar-refractivity contribution >= 4 is 11.6 Å². The number of nitrogens with two attached hydrogens (primary N) is 1. The zero-order valence-electron chi connectivity index (χ0n) is 14.8. The SMILES string of the molecule is C[C@@H]1C[C@@H](C)CN(C(=O)[C@H](C)n2nc(-c3ccco3)cc(N)c2=O)C1. The summed E-state index contributed by atoms with van der Waals surface area (Å²) in [5.74, 6) is 1.29. The van der Waals surface area contributed by atoms with E-state index in [1.54, 1.807) is 19.1 Å². The van der Waals surface area contributed by atoms with Gasteiger partial charge in [0.25, 0.3) is 5.56 Å². The third-order valence-electron chi connectivity index (χ3n) is 4.64. The number of carbonyl (C=O) groups excluding carboxylic acids is 1. The maximum atomic E-state index is 12.9. The maximum absolute atomic E-state index is 12.9. The summed E-state index contributed by atoms with van der Waals surface area (Å²) in [6.07, 6.45) is 2.63. The van der Waals surface area contributed by atoms with E-state index in [-0.39, 0.29) is 11.6 Å². The van der Waals surface area contributed by atoms with E-state index in [1.807, 2.05) is 4.90 Å². The molecular formula is C18H24N4O3. The van der Waals surface area contributed by atoms with Gasteiger partial charge in [-0.15, -0.1) is 0 Å². The van der Waals surface area contributed by atoms with Crippen molar-refractivity contribution in [3.8, 4) is 11.5 Å². The average molecular weight is 344 g/mol. The standard InChI is InChI=1S/C18H24N4O3/c1-11-7-12(2)10-21(9-11)17(23)13(3)22-18(24)14(19)8-15(20-22)16-5-4-6-25-16/h4-6,8,11-13H,7,9-10,19H2,1-3H3/t11-,12-,13+/m1/s1. The van der Waals surface area contributed by atoms with Crippen molar-refractivity contribution in [1.82, 2.24) is 14.7 Å². The molecule has 7 nitrogen and oxygen atoms in total. The summed E-state index contributed by atoms with van der Waals surface area (Å²) in [4.78, 5) is 27.2. The van der Waals surface area contributed by atoms with Crippen molar-refractivity contribution < 1.29 is 9.21 Å². The molecular weight excluding hydrogens is 320 g/mol. The lowest BCUT2D eigenvalue weighted by atomic mass is 9.91. The van der Waals surface area contributed by atoms with Crippen LogP contribution in [0.5, 0.6) is 0 Å². The van der Waals surface area contributed by atoms with Crippen molar-refractivity contribution in [2.24, 2.45) is 11.8 Å². The van der Waals surface area contributed by atoms with E-state index in [4.69, 9.17) is 10.2 Å². The highest BCUT2D eigenvalue weighted by Gasteiger charge is 2.30. The number of aromatic nitrogens is 2. The number of anilines is 1. The van der Waals surface area contributed by atoms with Crippen LogP contribution in [-0.2, 0) is 4.79 Å². The molecule has 0 unspecified atom stereocenters. The number of rotatable bonds is 3. The molecule has 1 fully saturated rings. The Balaban J connectivity index is 1.92. The number of carbonyl (C=O) groups is 1. The Morgan fingerprint density at radius 1 is 1.36 bits per heavy atom. The summed E-state index contributed by atoms with van der Waals surface area (Å²) in [5, 5.41) is 4.31. The van der Waals surface area contributed by atoms with E-state index in [0.29, 0.717) is 36.4 Å². The highest BCUT2D eigenvalue weighted by atomic mass is 16.3. The van der Waals surface area contributed by atoms with Crippen LogP contribution < -0.4 is 11.3 Å². The predicted molar refractivity (Wildman–Crippen MR) is 94.8 cm³/mol. The number of nitrogens with zero attached hydrogens (tertiary/aromatic N) is 3. The normalized spacial score (nSPS) is 22.0. The molecule has 0 saturated carbocycles. The van der Waals surface area contributed by atoms with Crippen molar-refractivity contribution in [3.63, 3.8) is 0 Å². The van der Waals surface area contributed by atoms with E-state index in [2.05, 4.69) is 18.9 Å². The summed E-state index contributed by atoms with van der Waals surface area (Å²) in [6.45, 7) is 7.37. The lowest BCUT2D eigenvalue weighted by Gasteiger charge is -2.36. The molecule has 0 bridgehead atoms. The Morgan fingerprint density at radius 3 is 2.64 bits per heavy atom. The van der Waals surface area contributed by atoms with Crippen LogP contribution in [0.2, 0.25) is 0 Å². The lowest BCUT2D eigenvalue weighted by Crippen LogP contribution is -2.47. The zero-order valence-corrected chi connectivity index (χ0v) is 14.8. The second-order valence-electron chi connectivity index (χ2n) is 7.08. The smallest absolute Gasteiger partial charge is 0.290 e. The molecule has 1 aliphatic rings. The minimum atomic E-state index is -0.720. The highest BCUT2D eigenvalue weighted by Crippen LogP contribution is 2.24. The highest BCUT2D eigenvalue weighted by molar-refractivity contribution is 5.80. The monoisotopic (exact) mass is 344 g/mol. The molecule has 2 aromatic heterocycles. The number of nitrogen functional groups attached to an aromatic ring is 1. The molecule has 2 aromatic rings. The Morgan fingerprint density at radius 2 is 2.04 bits per heavy atom. The Kier molecular flexibility index (Phi) is 4.65. The molecule has 7 heteroatoms. The van der Waals surface area contributed by atoms with Crippen LogP contribution >= 0.6 is 0 Å². The van der Waals surface area contributed by atoms with Crippen LogP contribution in [0.3, 0.4) is 0 Å². The van der Waals surface area contributed by atoms with Crippen LogP contribution in [0.1, 0.15) is 33.2 Å². The molecule has 25 heavy (non-hydrogen) atoms. The summed E-state index contributed by atoms with van der Waals surface area (Å²) >= 11 is 0. The van der Waals surface area contributed by atoms with Gasteiger partial charge in [-0.3, -0.25) is 9.59 Å². The van der Waals surface area contributed by atoms with E-state index in [1.165, 1.54) is 17.0 Å². The fraction of sp³-hybridized carbons (Fsp3) is 0.500. The van der Waals surface area contributed by atoms with Gasteiger partial charge in [-0.05, 0) is 43.4 Å². The molecule has 1 amide bonds. The molecule has 0 spiro atoms. The molecule has 3 atom stereocenters. The van der Waals surface area contributed by atoms with E-state index in [0.717, 1.165) is 6.42 Å². The Hall–Kier alpha value is -2.57. The first-order valence-corrected chi connectivity index (χ1v) is 8.58. The molecule has 3 rings (SSSR count). The fourth-order valence-corrected chi connectivity index (χ4v) is 3.55. The van der Waals surface area contributed by atoms with Gasteiger partial charge in [-0.1, -0.05) is 13.8 Å². The molecule has 134 valence electrons. The summed E-state index contributed by atoms with van der Waals surface area (Å²) in [5.41, 5.74) is 5.86. The molecule has 0 radical (unpaired) electrons. The predicted octanol–water partition coefficient (Wildman–Crippen LogP) is 2.15. The Labute approximate surface area is 146 Å². The molecule has 3 heterocycles. The van der Waals surface area contributed by atoms with Gasteiger partial charge < -0.3 is 15.1 Å². The lowest BCUT2D eigenvalue weighted by molar-refractivity contribution is -0.137. The van der Waals surface area contributed by atoms with E-state index >= 15 is 0 Å². The van der Waals surface area contributed by atoms with Crippen molar-refractivity contribution in [1.29, 1.82) is 0 Å². The quantitative estimate of drug-likeness (QED) is 0.920. The molecule has 1 aliphatic heterocycles. The number of amides is 1. The van der Waals surface area contributed by atoms with Crippen LogP contribution in [0.25, 0.3) is 11.5 Å². The first-order chi connectivity index (χ1) is 11.9. The molecule has 1 saturated heterocycles. The number of piperidine rings is 1. The third-order valence-corrected chi connectivity index (χ3v) is 4.64. The van der Waals surface area contributed by atoms with Crippen LogP contribution in [0, 0.1) is 11.8 Å². The van der Waals surface area contributed by atoms with Gasteiger partial charge in [0, 0.05) is 13.1 Å². The molecule has 0 aromatic carbocycles. The van der Waals surface area contributed by atoms with Crippen molar-refractivity contribution in [2.75, 3.05) is 18.8 Å². The molecule has 0 aliphatic carbocycles.